The molecule has 0 spiro atoms. The molecule has 1 unspecified atom stereocenters. The van der Waals surface area contributed by atoms with Crippen LogP contribution in [0.15, 0.2) is 30.5 Å². The Morgan fingerprint density at radius 3 is 2.79 bits per heavy atom. The Bertz CT molecular complexity index is 655. The summed E-state index contributed by atoms with van der Waals surface area (Å²) in [6.45, 7) is 0. The monoisotopic (exact) mass is 277 g/mol. The van der Waals surface area contributed by atoms with E-state index in [9.17, 15) is 9.18 Å². The Morgan fingerprint density at radius 1 is 1.53 bits per heavy atom. The van der Waals surface area contributed by atoms with E-state index in [2.05, 4.69) is 5.10 Å². The fourth-order valence-corrected chi connectivity index (χ4v) is 2.01. The van der Waals surface area contributed by atoms with E-state index in [-0.39, 0.29) is 16.3 Å². The second-order valence-electron chi connectivity index (χ2n) is 3.94. The van der Waals surface area contributed by atoms with Gasteiger partial charge in [0.15, 0.2) is 0 Å². The van der Waals surface area contributed by atoms with E-state index >= 15 is 0 Å². The number of nitriles is 1. The number of hydrogen-bond acceptors (Lipinski definition) is 3. The second-order valence-corrected chi connectivity index (χ2v) is 4.34. The molecule has 1 heterocycles. The standard InChI is InChI=1S/C13H9ClFN3O/c1-18-6-5-11(17-18)13(19)8(7-16)12-9(14)3-2-4-10(12)15/h2-6,8H,1H3. The first-order valence-corrected chi connectivity index (χ1v) is 5.79. The van der Waals surface area contributed by atoms with Gasteiger partial charge in [-0.2, -0.15) is 10.4 Å². The van der Waals surface area contributed by atoms with Gasteiger partial charge in [-0.1, -0.05) is 17.7 Å². The van der Waals surface area contributed by atoms with Crippen LogP contribution in [-0.2, 0) is 7.05 Å². The van der Waals surface area contributed by atoms with Crippen molar-refractivity contribution in [3.05, 3.63) is 52.6 Å². The van der Waals surface area contributed by atoms with Gasteiger partial charge in [0.05, 0.1) is 6.07 Å². The van der Waals surface area contributed by atoms with Crippen LogP contribution in [0, 0.1) is 17.1 Å². The van der Waals surface area contributed by atoms with E-state index in [1.165, 1.54) is 22.9 Å². The van der Waals surface area contributed by atoms with E-state index in [1.807, 2.05) is 0 Å². The number of carbonyl (C=O) groups is 1. The van der Waals surface area contributed by atoms with Gasteiger partial charge < -0.3 is 0 Å². The molecule has 0 N–H and O–H groups in total. The largest absolute Gasteiger partial charge is 0.290 e. The molecule has 0 aliphatic rings. The van der Waals surface area contributed by atoms with E-state index in [1.54, 1.807) is 19.3 Å². The van der Waals surface area contributed by atoms with Crippen LogP contribution in [0.1, 0.15) is 22.0 Å². The van der Waals surface area contributed by atoms with Crippen molar-refractivity contribution in [2.75, 3.05) is 0 Å². The number of aryl methyl sites for hydroxylation is 1. The highest BCUT2D eigenvalue weighted by molar-refractivity contribution is 6.31. The number of carbonyl (C=O) groups excluding carboxylic acids is 1. The summed E-state index contributed by atoms with van der Waals surface area (Å²) in [6.07, 6.45) is 1.57. The minimum atomic E-state index is -1.30. The molecule has 4 nitrogen and oxygen atoms in total. The molecule has 0 aliphatic heterocycles. The molecule has 0 bridgehead atoms. The number of nitrogens with zero attached hydrogens (tertiary/aromatic N) is 3. The number of hydrogen-bond donors (Lipinski definition) is 0. The molecule has 19 heavy (non-hydrogen) atoms. The van der Waals surface area contributed by atoms with Gasteiger partial charge >= 0.3 is 0 Å². The average Bonchev–Trinajstić information content (AvgIpc) is 2.80. The zero-order valence-electron chi connectivity index (χ0n) is 9.97. The third-order valence-electron chi connectivity index (χ3n) is 2.65. The van der Waals surface area contributed by atoms with Crippen LogP contribution in [0.4, 0.5) is 4.39 Å². The zero-order valence-corrected chi connectivity index (χ0v) is 10.7. The second kappa shape index (κ2) is 5.21. The minimum Gasteiger partial charge on any atom is -0.290 e. The lowest BCUT2D eigenvalue weighted by molar-refractivity contribution is 0.0972. The third kappa shape index (κ3) is 2.49. The summed E-state index contributed by atoms with van der Waals surface area (Å²) < 4.78 is 15.2. The first-order chi connectivity index (χ1) is 9.04. The summed E-state index contributed by atoms with van der Waals surface area (Å²) >= 11 is 5.87. The molecule has 0 radical (unpaired) electrons. The molecule has 96 valence electrons. The fraction of sp³-hybridized carbons (Fsp3) is 0.154. The van der Waals surface area contributed by atoms with Gasteiger partial charge in [-0.3, -0.25) is 9.48 Å². The van der Waals surface area contributed by atoms with Crippen molar-refractivity contribution in [1.82, 2.24) is 9.78 Å². The van der Waals surface area contributed by atoms with Crippen LogP contribution in [0.25, 0.3) is 0 Å². The lowest BCUT2D eigenvalue weighted by Crippen LogP contribution is -2.14. The normalized spacial score (nSPS) is 11.9. The SMILES string of the molecule is Cn1ccc(C(=O)C(C#N)c2c(F)cccc2Cl)n1. The van der Waals surface area contributed by atoms with Crippen LogP contribution in [0.3, 0.4) is 0 Å². The first kappa shape index (κ1) is 13.2. The Balaban J connectivity index is 2.47. The fourth-order valence-electron chi connectivity index (χ4n) is 1.74. The van der Waals surface area contributed by atoms with Gasteiger partial charge in [-0.25, -0.2) is 4.39 Å². The number of Topliss-reactive ketones (excluding diaryl/α,β-unsaturated/α-hetero) is 1. The Morgan fingerprint density at radius 2 is 2.26 bits per heavy atom. The van der Waals surface area contributed by atoms with Gasteiger partial charge in [0.2, 0.25) is 5.78 Å². The van der Waals surface area contributed by atoms with E-state index in [4.69, 9.17) is 16.9 Å². The van der Waals surface area contributed by atoms with Crippen LogP contribution in [0.2, 0.25) is 5.02 Å². The van der Waals surface area contributed by atoms with Gasteiger partial charge in [0, 0.05) is 23.8 Å². The van der Waals surface area contributed by atoms with Crippen molar-refractivity contribution in [3.8, 4) is 6.07 Å². The molecule has 1 atom stereocenters. The molecule has 0 saturated heterocycles. The number of rotatable bonds is 3. The topological polar surface area (TPSA) is 58.7 Å². The molecular formula is C13H9ClFN3O. The molecule has 1 aromatic heterocycles. The number of aromatic nitrogens is 2. The maximum atomic E-state index is 13.8. The minimum absolute atomic E-state index is 0.0517. The van der Waals surface area contributed by atoms with Crippen LogP contribution in [0.5, 0.6) is 0 Å². The van der Waals surface area contributed by atoms with Gasteiger partial charge in [0.25, 0.3) is 0 Å². The Hall–Kier alpha value is -2.19. The van der Waals surface area contributed by atoms with Gasteiger partial charge in [0.1, 0.15) is 17.4 Å². The molecule has 0 amide bonds. The smallest absolute Gasteiger partial charge is 0.204 e. The zero-order chi connectivity index (χ0) is 14.0. The van der Waals surface area contributed by atoms with Crippen molar-refractivity contribution in [3.63, 3.8) is 0 Å². The molecule has 2 rings (SSSR count). The van der Waals surface area contributed by atoms with Gasteiger partial charge in [-0.05, 0) is 18.2 Å². The molecular weight excluding hydrogens is 269 g/mol. The van der Waals surface area contributed by atoms with Crippen LogP contribution < -0.4 is 0 Å². The van der Waals surface area contributed by atoms with Crippen molar-refractivity contribution in [1.29, 1.82) is 5.26 Å². The summed E-state index contributed by atoms with van der Waals surface area (Å²) in [5, 5.41) is 13.1. The summed E-state index contributed by atoms with van der Waals surface area (Å²) in [6, 6.07) is 7.28. The molecule has 1 aromatic carbocycles. The van der Waals surface area contributed by atoms with Crippen molar-refractivity contribution >= 4 is 17.4 Å². The van der Waals surface area contributed by atoms with E-state index < -0.39 is 17.5 Å². The van der Waals surface area contributed by atoms with Crippen molar-refractivity contribution in [2.45, 2.75) is 5.92 Å². The molecule has 0 fully saturated rings. The number of halogens is 2. The molecule has 2 aromatic rings. The maximum Gasteiger partial charge on any atom is 0.204 e. The summed E-state index contributed by atoms with van der Waals surface area (Å²) in [4.78, 5) is 12.2. The molecule has 0 aliphatic carbocycles. The lowest BCUT2D eigenvalue weighted by Gasteiger charge is -2.10. The third-order valence-corrected chi connectivity index (χ3v) is 2.98. The first-order valence-electron chi connectivity index (χ1n) is 5.42. The van der Waals surface area contributed by atoms with Crippen molar-refractivity contribution < 1.29 is 9.18 Å². The number of ketones is 1. The van der Waals surface area contributed by atoms with Crippen molar-refractivity contribution in [2.24, 2.45) is 7.05 Å². The summed E-state index contributed by atoms with van der Waals surface area (Å²) in [7, 11) is 1.65. The van der Waals surface area contributed by atoms with Crippen LogP contribution >= 0.6 is 11.6 Å². The molecule has 6 heteroatoms. The number of benzene rings is 1. The summed E-state index contributed by atoms with van der Waals surface area (Å²) in [5.41, 5.74) is -0.00399. The maximum absolute atomic E-state index is 13.8. The van der Waals surface area contributed by atoms with Crippen LogP contribution in [-0.4, -0.2) is 15.6 Å². The molecule has 0 saturated carbocycles. The van der Waals surface area contributed by atoms with E-state index in [0.29, 0.717) is 0 Å². The summed E-state index contributed by atoms with van der Waals surface area (Å²) in [5.74, 6) is -2.55. The predicted octanol–water partition coefficient (Wildman–Crippen LogP) is 2.70. The van der Waals surface area contributed by atoms with E-state index in [0.717, 1.165) is 6.07 Å². The Labute approximate surface area is 114 Å². The highest BCUT2D eigenvalue weighted by atomic mass is 35.5. The highest BCUT2D eigenvalue weighted by Gasteiger charge is 2.28. The van der Waals surface area contributed by atoms with Gasteiger partial charge in [-0.15, -0.1) is 0 Å². The Kier molecular flexibility index (Phi) is 3.63. The highest BCUT2D eigenvalue weighted by Crippen LogP contribution is 2.29. The lowest BCUT2D eigenvalue weighted by atomic mass is 9.94. The predicted molar refractivity (Wildman–Crippen MR) is 67.3 cm³/mol. The average molecular weight is 278 g/mol. The quantitative estimate of drug-likeness (QED) is 0.811.